The summed E-state index contributed by atoms with van der Waals surface area (Å²) in [5, 5.41) is 0. The van der Waals surface area contributed by atoms with Gasteiger partial charge in [0.1, 0.15) is 0 Å². The molecule has 2 aromatic carbocycles. The second kappa shape index (κ2) is 8.22. The van der Waals surface area contributed by atoms with Crippen LogP contribution in [-0.2, 0) is 19.6 Å². The number of nitrogens with zero attached hydrogens (tertiary/aromatic N) is 3. The van der Waals surface area contributed by atoms with Crippen LogP contribution in [0.4, 0.5) is 5.69 Å². The van der Waals surface area contributed by atoms with Crippen LogP contribution in [0.3, 0.4) is 0 Å². The number of carbonyl (C=O) groups is 2. The molecule has 2 aliphatic rings. The van der Waals surface area contributed by atoms with Gasteiger partial charge in [0, 0.05) is 30.7 Å². The fourth-order valence-corrected chi connectivity index (χ4v) is 6.02. The number of carbonyl (C=O) groups excluding carboxylic acids is 2. The Bertz CT molecular complexity index is 1100. The van der Waals surface area contributed by atoms with E-state index in [0.717, 1.165) is 5.56 Å². The molecule has 9 heteroatoms. The molecule has 0 aromatic heterocycles. The highest BCUT2D eigenvalue weighted by Crippen LogP contribution is 2.29. The number of benzene rings is 2. The van der Waals surface area contributed by atoms with Crippen molar-refractivity contribution in [3.8, 4) is 0 Å². The molecule has 4 rings (SSSR count). The molecule has 2 amide bonds. The first-order valence-corrected chi connectivity index (χ1v) is 11.9. The minimum atomic E-state index is -3.60. The maximum atomic E-state index is 13.0. The zero-order valence-electron chi connectivity index (χ0n) is 16.5. The highest BCUT2D eigenvalue weighted by molar-refractivity contribution is 9.10. The number of halogens is 1. The molecule has 0 N–H and O–H groups in total. The quantitative estimate of drug-likeness (QED) is 0.613. The fraction of sp³-hybridized carbons (Fsp3) is 0.333. The summed E-state index contributed by atoms with van der Waals surface area (Å²) < 4.78 is 28.0. The molecule has 30 heavy (non-hydrogen) atoms. The van der Waals surface area contributed by atoms with E-state index in [1.165, 1.54) is 9.21 Å². The van der Waals surface area contributed by atoms with Gasteiger partial charge in [-0.25, -0.2) is 13.3 Å². The number of anilines is 1. The van der Waals surface area contributed by atoms with E-state index in [-0.39, 0.29) is 36.2 Å². The monoisotopic (exact) mass is 491 g/mol. The Morgan fingerprint density at radius 1 is 0.967 bits per heavy atom. The normalized spacial score (nSPS) is 21.4. The van der Waals surface area contributed by atoms with E-state index in [2.05, 4.69) is 15.9 Å². The van der Waals surface area contributed by atoms with Crippen LogP contribution in [-0.4, -0.2) is 61.7 Å². The lowest BCUT2D eigenvalue weighted by atomic mass is 10.1. The summed E-state index contributed by atoms with van der Waals surface area (Å²) >= 11 is 3.31. The Balaban J connectivity index is 1.46. The van der Waals surface area contributed by atoms with Gasteiger partial charge < -0.3 is 0 Å². The van der Waals surface area contributed by atoms with Gasteiger partial charge in [-0.3, -0.25) is 14.5 Å². The Labute approximate surface area is 184 Å². The number of rotatable bonds is 4. The molecule has 7 nitrogen and oxygen atoms in total. The predicted octanol–water partition coefficient (Wildman–Crippen LogP) is 2.40. The van der Waals surface area contributed by atoms with Crippen molar-refractivity contribution >= 4 is 43.5 Å². The van der Waals surface area contributed by atoms with Crippen molar-refractivity contribution in [3.05, 3.63) is 58.6 Å². The zero-order chi connectivity index (χ0) is 21.5. The summed E-state index contributed by atoms with van der Waals surface area (Å²) in [4.78, 5) is 29.1. The van der Waals surface area contributed by atoms with Gasteiger partial charge in [-0.15, -0.1) is 0 Å². The highest BCUT2D eigenvalue weighted by Gasteiger charge is 2.44. The van der Waals surface area contributed by atoms with Crippen LogP contribution in [0.5, 0.6) is 0 Å². The van der Waals surface area contributed by atoms with E-state index < -0.39 is 16.1 Å². The summed E-state index contributed by atoms with van der Waals surface area (Å²) in [5.74, 6) is -0.457. The molecule has 2 saturated heterocycles. The predicted molar refractivity (Wildman–Crippen MR) is 117 cm³/mol. The smallest absolute Gasteiger partial charge is 0.251 e. The maximum absolute atomic E-state index is 13.0. The molecular formula is C21H22BrN3O4S. The summed E-state index contributed by atoms with van der Waals surface area (Å²) in [6.45, 7) is 3.22. The lowest BCUT2D eigenvalue weighted by Crippen LogP contribution is -2.53. The van der Waals surface area contributed by atoms with Crippen molar-refractivity contribution in [2.24, 2.45) is 0 Å². The summed E-state index contributed by atoms with van der Waals surface area (Å²) in [5.41, 5.74) is 1.48. The third-order valence-electron chi connectivity index (χ3n) is 5.63. The molecule has 0 bridgehead atoms. The first-order chi connectivity index (χ1) is 14.3. The number of aryl methyl sites for hydroxylation is 1. The van der Waals surface area contributed by atoms with Crippen LogP contribution in [0.25, 0.3) is 0 Å². The number of imide groups is 1. The van der Waals surface area contributed by atoms with E-state index >= 15 is 0 Å². The lowest BCUT2D eigenvalue weighted by Gasteiger charge is -2.36. The van der Waals surface area contributed by atoms with E-state index in [9.17, 15) is 18.0 Å². The van der Waals surface area contributed by atoms with E-state index in [1.54, 1.807) is 30.3 Å². The lowest BCUT2D eigenvalue weighted by molar-refractivity contribution is -0.123. The Kier molecular flexibility index (Phi) is 5.80. The molecule has 0 saturated carbocycles. The fourth-order valence-electron chi connectivity index (χ4n) is 4.00. The van der Waals surface area contributed by atoms with Gasteiger partial charge in [0.05, 0.1) is 23.0 Å². The number of para-hydroxylation sites is 1. The van der Waals surface area contributed by atoms with Crippen LogP contribution in [0.1, 0.15) is 12.0 Å². The molecule has 0 radical (unpaired) electrons. The van der Waals surface area contributed by atoms with Crippen molar-refractivity contribution in [1.29, 1.82) is 0 Å². The number of sulfonamides is 1. The molecule has 2 aromatic rings. The molecule has 2 aliphatic heterocycles. The molecule has 0 aliphatic carbocycles. The van der Waals surface area contributed by atoms with Crippen molar-refractivity contribution in [1.82, 2.24) is 9.21 Å². The number of hydrogen-bond donors (Lipinski definition) is 0. The molecular weight excluding hydrogens is 470 g/mol. The van der Waals surface area contributed by atoms with E-state index in [4.69, 9.17) is 0 Å². The summed E-state index contributed by atoms with van der Waals surface area (Å²) in [7, 11) is -3.60. The van der Waals surface area contributed by atoms with E-state index in [0.29, 0.717) is 23.2 Å². The van der Waals surface area contributed by atoms with Gasteiger partial charge in [0.2, 0.25) is 15.9 Å². The summed E-state index contributed by atoms with van der Waals surface area (Å²) in [6, 6.07) is 13.4. The van der Waals surface area contributed by atoms with Crippen LogP contribution in [0.2, 0.25) is 0 Å². The zero-order valence-corrected chi connectivity index (χ0v) is 18.9. The van der Waals surface area contributed by atoms with Crippen LogP contribution >= 0.6 is 15.9 Å². The topological polar surface area (TPSA) is 78.0 Å². The average Bonchev–Trinajstić information content (AvgIpc) is 3.02. The number of piperazine rings is 1. The van der Waals surface area contributed by atoms with Crippen LogP contribution in [0.15, 0.2) is 57.9 Å². The SMILES string of the molecule is Cc1ccccc1N1C(=O)C[C@H](N2CCN(S(=O)(=O)c3cccc(Br)c3)CC2)C1=O. The van der Waals surface area contributed by atoms with Gasteiger partial charge in [-0.2, -0.15) is 4.31 Å². The summed E-state index contributed by atoms with van der Waals surface area (Å²) in [6.07, 6.45) is 0.117. The standard InChI is InChI=1S/C21H22BrN3O4S/c1-15-5-2-3-8-18(15)25-20(26)14-19(21(25)27)23-9-11-24(12-10-23)30(28,29)17-7-4-6-16(22)13-17/h2-8,13,19H,9-12,14H2,1H3/t19-/m0/s1. The first-order valence-electron chi connectivity index (χ1n) is 9.71. The molecule has 0 spiro atoms. The average molecular weight is 492 g/mol. The number of amides is 2. The third-order valence-corrected chi connectivity index (χ3v) is 8.01. The van der Waals surface area contributed by atoms with Crippen LogP contribution in [0, 0.1) is 6.92 Å². The van der Waals surface area contributed by atoms with Crippen molar-refractivity contribution in [2.75, 3.05) is 31.1 Å². The van der Waals surface area contributed by atoms with E-state index in [1.807, 2.05) is 30.0 Å². The van der Waals surface area contributed by atoms with Gasteiger partial charge in [0.15, 0.2) is 0 Å². The largest absolute Gasteiger partial charge is 0.289 e. The van der Waals surface area contributed by atoms with Gasteiger partial charge in [0.25, 0.3) is 5.91 Å². The molecule has 158 valence electrons. The first kappa shape index (κ1) is 21.2. The van der Waals surface area contributed by atoms with Crippen molar-refractivity contribution < 1.29 is 18.0 Å². The number of hydrogen-bond acceptors (Lipinski definition) is 5. The highest BCUT2D eigenvalue weighted by atomic mass is 79.9. The van der Waals surface area contributed by atoms with Gasteiger partial charge in [-0.1, -0.05) is 40.2 Å². The second-order valence-electron chi connectivity index (χ2n) is 7.47. The molecule has 2 heterocycles. The Hall–Kier alpha value is -2.07. The minimum Gasteiger partial charge on any atom is -0.289 e. The molecule has 0 unspecified atom stereocenters. The molecule has 1 atom stereocenters. The van der Waals surface area contributed by atoms with Crippen molar-refractivity contribution in [2.45, 2.75) is 24.3 Å². The van der Waals surface area contributed by atoms with Gasteiger partial charge in [-0.05, 0) is 36.8 Å². The Morgan fingerprint density at radius 3 is 2.33 bits per heavy atom. The minimum absolute atomic E-state index is 0.117. The van der Waals surface area contributed by atoms with Gasteiger partial charge >= 0.3 is 0 Å². The second-order valence-corrected chi connectivity index (χ2v) is 10.3. The molecule has 2 fully saturated rings. The Morgan fingerprint density at radius 2 is 1.67 bits per heavy atom. The third kappa shape index (κ3) is 3.82. The maximum Gasteiger partial charge on any atom is 0.251 e. The van der Waals surface area contributed by atoms with Crippen molar-refractivity contribution in [3.63, 3.8) is 0 Å². The van der Waals surface area contributed by atoms with Crippen LogP contribution < -0.4 is 4.90 Å².